The van der Waals surface area contributed by atoms with Crippen LogP contribution >= 0.6 is 0 Å². The third-order valence-electron chi connectivity index (χ3n) is 2.54. The van der Waals surface area contributed by atoms with Gasteiger partial charge in [-0.2, -0.15) is 0 Å². The summed E-state index contributed by atoms with van der Waals surface area (Å²) in [6.07, 6.45) is 0.351. The van der Waals surface area contributed by atoms with E-state index in [9.17, 15) is 9.59 Å². The second kappa shape index (κ2) is 6.93. The van der Waals surface area contributed by atoms with Crippen molar-refractivity contribution in [1.82, 2.24) is 5.32 Å². The summed E-state index contributed by atoms with van der Waals surface area (Å²) in [5.41, 5.74) is 0.157. The first-order valence-electron chi connectivity index (χ1n) is 6.43. The zero-order valence-electron chi connectivity index (χ0n) is 12.3. The maximum atomic E-state index is 11.8. The number of carbonyl (C=O) groups excluding carboxylic acids is 2. The number of carbonyl (C=O) groups is 2. The Morgan fingerprint density at radius 1 is 1.35 bits per heavy atom. The van der Waals surface area contributed by atoms with Crippen molar-refractivity contribution in [3.8, 4) is 5.75 Å². The minimum absolute atomic E-state index is 0.152. The Hall–Kier alpha value is -2.04. The Balaban J connectivity index is 2.89. The third kappa shape index (κ3) is 4.91. The van der Waals surface area contributed by atoms with E-state index in [0.29, 0.717) is 5.75 Å². The van der Waals surface area contributed by atoms with Gasteiger partial charge in [-0.05, 0) is 26.8 Å². The van der Waals surface area contributed by atoms with Crippen molar-refractivity contribution in [2.24, 2.45) is 0 Å². The highest BCUT2D eigenvalue weighted by molar-refractivity contribution is 5.69. The largest absolute Gasteiger partial charge is 0.496 e. The standard InChI is InChI=1S/C15H21NO4/c1-15(2,3)20-14(18)16-12(9-10-17)11-7-5-6-8-13(11)19-4/h5-8,10,12H,9H2,1-4H3,(H,16,18)/t12-/m1/s1. The summed E-state index contributed by atoms with van der Waals surface area (Å²) in [4.78, 5) is 22.6. The molecule has 0 unspecified atom stereocenters. The lowest BCUT2D eigenvalue weighted by atomic mass is 10.0. The lowest BCUT2D eigenvalue weighted by molar-refractivity contribution is -0.108. The molecule has 0 fully saturated rings. The van der Waals surface area contributed by atoms with Gasteiger partial charge in [0.25, 0.3) is 0 Å². The molecule has 0 heterocycles. The molecule has 0 aliphatic rings. The van der Waals surface area contributed by atoms with Crippen molar-refractivity contribution < 1.29 is 19.1 Å². The van der Waals surface area contributed by atoms with Crippen molar-refractivity contribution in [2.45, 2.75) is 38.8 Å². The molecule has 0 aliphatic heterocycles. The lowest BCUT2D eigenvalue weighted by Gasteiger charge is -2.23. The summed E-state index contributed by atoms with van der Waals surface area (Å²) in [7, 11) is 1.55. The fourth-order valence-corrected chi connectivity index (χ4v) is 1.76. The maximum Gasteiger partial charge on any atom is 0.408 e. The average molecular weight is 279 g/mol. The summed E-state index contributed by atoms with van der Waals surface area (Å²) < 4.78 is 10.4. The Morgan fingerprint density at radius 2 is 2.00 bits per heavy atom. The van der Waals surface area contributed by atoms with Crippen LogP contribution in [0.25, 0.3) is 0 Å². The van der Waals surface area contributed by atoms with Crippen LogP contribution in [0.2, 0.25) is 0 Å². The number of benzene rings is 1. The molecule has 0 spiro atoms. The minimum atomic E-state index is -0.587. The van der Waals surface area contributed by atoms with Crippen LogP contribution in [-0.2, 0) is 9.53 Å². The van der Waals surface area contributed by atoms with E-state index in [4.69, 9.17) is 9.47 Å². The van der Waals surface area contributed by atoms with Crippen molar-refractivity contribution >= 4 is 12.4 Å². The number of nitrogens with one attached hydrogen (secondary N) is 1. The molecule has 1 N–H and O–H groups in total. The molecular weight excluding hydrogens is 258 g/mol. The summed E-state index contributed by atoms with van der Waals surface area (Å²) in [6, 6.07) is 6.77. The van der Waals surface area contributed by atoms with Crippen LogP contribution in [0.15, 0.2) is 24.3 Å². The first kappa shape index (κ1) is 16.0. The van der Waals surface area contributed by atoms with Gasteiger partial charge in [0.05, 0.1) is 13.2 Å². The molecule has 0 radical (unpaired) electrons. The van der Waals surface area contributed by atoms with Crippen LogP contribution in [0.5, 0.6) is 5.75 Å². The van der Waals surface area contributed by atoms with Gasteiger partial charge in [0.2, 0.25) is 0 Å². The molecule has 0 saturated heterocycles. The number of para-hydroxylation sites is 1. The van der Waals surface area contributed by atoms with Crippen molar-refractivity contribution in [1.29, 1.82) is 0 Å². The maximum absolute atomic E-state index is 11.8. The fraction of sp³-hybridized carbons (Fsp3) is 0.467. The summed E-state index contributed by atoms with van der Waals surface area (Å²) >= 11 is 0. The predicted octanol–water partition coefficient (Wildman–Crippen LogP) is 2.85. The van der Waals surface area contributed by atoms with Gasteiger partial charge in [0, 0.05) is 12.0 Å². The van der Waals surface area contributed by atoms with E-state index < -0.39 is 17.7 Å². The summed E-state index contributed by atoms with van der Waals surface area (Å²) in [5.74, 6) is 0.621. The second-order valence-electron chi connectivity index (χ2n) is 5.34. The first-order chi connectivity index (χ1) is 9.37. The highest BCUT2D eigenvalue weighted by Crippen LogP contribution is 2.26. The lowest BCUT2D eigenvalue weighted by Crippen LogP contribution is -2.35. The van der Waals surface area contributed by atoms with Crippen molar-refractivity contribution in [2.75, 3.05) is 7.11 Å². The molecule has 1 atom stereocenters. The van der Waals surface area contributed by atoms with E-state index in [-0.39, 0.29) is 6.42 Å². The second-order valence-corrected chi connectivity index (χ2v) is 5.34. The predicted molar refractivity (Wildman–Crippen MR) is 75.8 cm³/mol. The monoisotopic (exact) mass is 279 g/mol. The number of alkyl carbamates (subject to hydrolysis) is 1. The molecule has 1 amide bonds. The quantitative estimate of drug-likeness (QED) is 0.842. The van der Waals surface area contributed by atoms with Crippen LogP contribution in [0.4, 0.5) is 4.79 Å². The van der Waals surface area contributed by atoms with Crippen molar-refractivity contribution in [3.05, 3.63) is 29.8 Å². The van der Waals surface area contributed by atoms with E-state index in [2.05, 4.69) is 5.32 Å². The average Bonchev–Trinajstić information content (AvgIpc) is 2.36. The molecule has 0 bridgehead atoms. The smallest absolute Gasteiger partial charge is 0.408 e. The number of rotatable bonds is 5. The topological polar surface area (TPSA) is 64.6 Å². The van der Waals surface area contributed by atoms with Crippen LogP contribution in [0.3, 0.4) is 0 Å². The number of ether oxygens (including phenoxy) is 2. The molecule has 1 aromatic carbocycles. The zero-order valence-corrected chi connectivity index (χ0v) is 12.3. The number of hydrogen-bond donors (Lipinski definition) is 1. The van der Waals surface area contributed by atoms with E-state index >= 15 is 0 Å². The van der Waals surface area contributed by atoms with Gasteiger partial charge in [-0.1, -0.05) is 18.2 Å². The fourth-order valence-electron chi connectivity index (χ4n) is 1.76. The van der Waals surface area contributed by atoms with Crippen LogP contribution in [0, 0.1) is 0 Å². The molecule has 110 valence electrons. The molecule has 20 heavy (non-hydrogen) atoms. The molecule has 5 nitrogen and oxygen atoms in total. The molecule has 0 saturated carbocycles. The van der Waals surface area contributed by atoms with Gasteiger partial charge in [0.1, 0.15) is 17.6 Å². The van der Waals surface area contributed by atoms with Gasteiger partial charge >= 0.3 is 6.09 Å². The van der Waals surface area contributed by atoms with Gasteiger partial charge in [-0.3, -0.25) is 0 Å². The Bertz CT molecular complexity index is 465. The third-order valence-corrected chi connectivity index (χ3v) is 2.54. The number of methoxy groups -OCH3 is 1. The molecule has 0 aromatic heterocycles. The first-order valence-corrected chi connectivity index (χ1v) is 6.43. The SMILES string of the molecule is COc1ccccc1[C@@H](CC=O)NC(=O)OC(C)(C)C. The zero-order chi connectivity index (χ0) is 15.2. The van der Waals surface area contributed by atoms with E-state index in [1.807, 2.05) is 18.2 Å². The van der Waals surface area contributed by atoms with Gasteiger partial charge in [-0.15, -0.1) is 0 Å². The Labute approximate surface area is 119 Å². The molecule has 1 rings (SSSR count). The molecular formula is C15H21NO4. The number of amides is 1. The van der Waals surface area contributed by atoms with Gasteiger partial charge in [-0.25, -0.2) is 4.79 Å². The summed E-state index contributed by atoms with van der Waals surface area (Å²) in [6.45, 7) is 5.35. The highest BCUT2D eigenvalue weighted by atomic mass is 16.6. The summed E-state index contributed by atoms with van der Waals surface area (Å²) in [5, 5.41) is 2.69. The van der Waals surface area contributed by atoms with Crippen LogP contribution in [-0.4, -0.2) is 25.1 Å². The minimum Gasteiger partial charge on any atom is -0.496 e. The molecule has 1 aromatic rings. The van der Waals surface area contributed by atoms with E-state index in [1.54, 1.807) is 33.9 Å². The highest BCUT2D eigenvalue weighted by Gasteiger charge is 2.22. The van der Waals surface area contributed by atoms with Gasteiger partial charge < -0.3 is 19.6 Å². The van der Waals surface area contributed by atoms with E-state index in [0.717, 1.165) is 11.8 Å². The number of hydrogen-bond acceptors (Lipinski definition) is 4. The molecule has 5 heteroatoms. The van der Waals surface area contributed by atoms with E-state index in [1.165, 1.54) is 0 Å². The van der Waals surface area contributed by atoms with Crippen LogP contribution < -0.4 is 10.1 Å². The normalized spacial score (nSPS) is 12.4. The Kier molecular flexibility index (Phi) is 5.55. The van der Waals surface area contributed by atoms with Crippen molar-refractivity contribution in [3.63, 3.8) is 0 Å². The Morgan fingerprint density at radius 3 is 2.55 bits per heavy atom. The van der Waals surface area contributed by atoms with Gasteiger partial charge in [0.15, 0.2) is 0 Å². The number of aldehydes is 1. The van der Waals surface area contributed by atoms with Crippen LogP contribution in [0.1, 0.15) is 38.8 Å². The molecule has 0 aliphatic carbocycles.